The molecule has 9 heteroatoms. The summed E-state index contributed by atoms with van der Waals surface area (Å²) in [5, 5.41) is 15.5. The Labute approximate surface area is 159 Å². The predicted octanol–water partition coefficient (Wildman–Crippen LogP) is 3.78. The van der Waals surface area contributed by atoms with Gasteiger partial charge in [-0.15, -0.1) is 11.3 Å². The molecule has 8 nitrogen and oxygen atoms in total. The molecule has 0 spiro atoms. The fourth-order valence-corrected chi connectivity index (χ4v) is 3.79. The second-order valence-electron chi connectivity index (χ2n) is 6.41. The normalized spacial score (nSPS) is 14.1. The SMILES string of the molecule is O=C(COC(=O)CC1CCCC1)Nc1nc(-c2cccc([N+](=O)[O-])c2)cs1. The van der Waals surface area contributed by atoms with Crippen LogP contribution >= 0.6 is 11.3 Å². The van der Waals surface area contributed by atoms with Crippen molar-refractivity contribution in [2.45, 2.75) is 32.1 Å². The van der Waals surface area contributed by atoms with Gasteiger partial charge in [0.15, 0.2) is 11.7 Å². The van der Waals surface area contributed by atoms with Crippen LogP contribution in [-0.4, -0.2) is 28.4 Å². The van der Waals surface area contributed by atoms with Gasteiger partial charge in [-0.1, -0.05) is 25.0 Å². The van der Waals surface area contributed by atoms with Crippen LogP contribution in [0, 0.1) is 16.0 Å². The van der Waals surface area contributed by atoms with Gasteiger partial charge in [0.2, 0.25) is 0 Å². The lowest BCUT2D eigenvalue weighted by atomic mass is 10.1. The van der Waals surface area contributed by atoms with Gasteiger partial charge in [-0.3, -0.25) is 25.0 Å². The molecule has 0 aliphatic heterocycles. The van der Waals surface area contributed by atoms with Gasteiger partial charge in [0.25, 0.3) is 11.6 Å². The molecule has 2 aromatic rings. The molecule has 0 radical (unpaired) electrons. The second-order valence-corrected chi connectivity index (χ2v) is 7.27. The molecule has 1 aromatic heterocycles. The molecule has 1 aliphatic carbocycles. The van der Waals surface area contributed by atoms with E-state index in [9.17, 15) is 19.7 Å². The van der Waals surface area contributed by atoms with Crippen LogP contribution in [0.25, 0.3) is 11.3 Å². The van der Waals surface area contributed by atoms with Crippen molar-refractivity contribution in [3.63, 3.8) is 0 Å². The lowest BCUT2D eigenvalue weighted by Gasteiger charge is -2.08. The van der Waals surface area contributed by atoms with E-state index in [4.69, 9.17) is 4.74 Å². The minimum atomic E-state index is -0.474. The standard InChI is InChI=1S/C18H19N3O5S/c22-16(10-26-17(23)8-12-4-1-2-5-12)20-18-19-15(11-27-18)13-6-3-7-14(9-13)21(24)25/h3,6-7,9,11-12H,1-2,4-5,8,10H2,(H,19,20,22). The summed E-state index contributed by atoms with van der Waals surface area (Å²) < 4.78 is 5.02. The van der Waals surface area contributed by atoms with Gasteiger partial charge < -0.3 is 4.74 Å². The van der Waals surface area contributed by atoms with Crippen molar-refractivity contribution in [1.29, 1.82) is 0 Å². The molecule has 1 heterocycles. The average Bonchev–Trinajstić information content (AvgIpc) is 3.32. The molecule has 1 aliphatic rings. The molecule has 1 saturated carbocycles. The minimum absolute atomic E-state index is 0.0275. The Morgan fingerprint density at radius 1 is 1.33 bits per heavy atom. The highest BCUT2D eigenvalue weighted by Gasteiger charge is 2.20. The fourth-order valence-electron chi connectivity index (χ4n) is 3.05. The third-order valence-electron chi connectivity index (χ3n) is 4.40. The smallest absolute Gasteiger partial charge is 0.306 e. The molecule has 27 heavy (non-hydrogen) atoms. The Bertz CT molecular complexity index is 845. The first-order valence-corrected chi connectivity index (χ1v) is 9.55. The summed E-state index contributed by atoms with van der Waals surface area (Å²) >= 11 is 1.19. The van der Waals surface area contributed by atoms with E-state index in [1.807, 2.05) is 0 Å². The molecular formula is C18H19N3O5S. The monoisotopic (exact) mass is 389 g/mol. The largest absolute Gasteiger partial charge is 0.456 e. The van der Waals surface area contributed by atoms with Crippen LogP contribution in [0.4, 0.5) is 10.8 Å². The maximum atomic E-state index is 11.9. The number of nitrogens with zero attached hydrogens (tertiary/aromatic N) is 2. The molecule has 0 atom stereocenters. The van der Waals surface area contributed by atoms with Crippen LogP contribution in [0.3, 0.4) is 0 Å². The van der Waals surface area contributed by atoms with E-state index in [1.54, 1.807) is 17.5 Å². The Morgan fingerprint density at radius 2 is 2.11 bits per heavy atom. The number of ether oxygens (including phenoxy) is 1. The third-order valence-corrected chi connectivity index (χ3v) is 5.16. The molecule has 1 fully saturated rings. The molecule has 142 valence electrons. The average molecular weight is 389 g/mol. The predicted molar refractivity (Wildman–Crippen MR) is 100 cm³/mol. The quantitative estimate of drug-likeness (QED) is 0.438. The van der Waals surface area contributed by atoms with Crippen LogP contribution in [-0.2, 0) is 14.3 Å². The topological polar surface area (TPSA) is 111 Å². The molecule has 1 N–H and O–H groups in total. The number of benzene rings is 1. The van der Waals surface area contributed by atoms with Crippen LogP contribution in [0.1, 0.15) is 32.1 Å². The van der Waals surface area contributed by atoms with Crippen molar-refractivity contribution in [1.82, 2.24) is 4.98 Å². The molecule has 0 unspecified atom stereocenters. The molecule has 3 rings (SSSR count). The van der Waals surface area contributed by atoms with Gasteiger partial charge in [0.05, 0.1) is 10.6 Å². The number of hydrogen-bond acceptors (Lipinski definition) is 7. The number of anilines is 1. The number of nitro benzene ring substituents is 1. The van der Waals surface area contributed by atoms with Crippen molar-refractivity contribution >= 4 is 34.0 Å². The summed E-state index contributed by atoms with van der Waals surface area (Å²) in [5.74, 6) is -0.444. The zero-order valence-corrected chi connectivity index (χ0v) is 15.4. The first-order chi connectivity index (χ1) is 13.0. The first-order valence-electron chi connectivity index (χ1n) is 8.67. The minimum Gasteiger partial charge on any atom is -0.456 e. The number of nitrogens with one attached hydrogen (secondary N) is 1. The van der Waals surface area contributed by atoms with E-state index in [0.29, 0.717) is 28.7 Å². The number of non-ortho nitro benzene ring substituents is 1. The summed E-state index contributed by atoms with van der Waals surface area (Å²) in [6.45, 7) is -0.350. The summed E-state index contributed by atoms with van der Waals surface area (Å²) in [5.41, 5.74) is 1.08. The van der Waals surface area contributed by atoms with E-state index >= 15 is 0 Å². The fraction of sp³-hybridized carbons (Fsp3) is 0.389. The zero-order valence-electron chi connectivity index (χ0n) is 14.6. The van der Waals surface area contributed by atoms with Crippen LogP contribution in [0.2, 0.25) is 0 Å². The summed E-state index contributed by atoms with van der Waals surface area (Å²) in [6, 6.07) is 6.11. The second kappa shape index (κ2) is 8.72. The van der Waals surface area contributed by atoms with E-state index < -0.39 is 10.8 Å². The highest BCUT2D eigenvalue weighted by atomic mass is 32.1. The zero-order chi connectivity index (χ0) is 19.2. The van der Waals surface area contributed by atoms with E-state index in [1.165, 1.54) is 23.5 Å². The highest BCUT2D eigenvalue weighted by Crippen LogP contribution is 2.28. The number of aromatic nitrogens is 1. The first kappa shape index (κ1) is 19.0. The van der Waals surface area contributed by atoms with Gasteiger partial charge in [-0.2, -0.15) is 0 Å². The summed E-state index contributed by atoms with van der Waals surface area (Å²) in [6.07, 6.45) is 4.74. The maximum Gasteiger partial charge on any atom is 0.306 e. The number of hydrogen-bond donors (Lipinski definition) is 1. The number of thiazole rings is 1. The Morgan fingerprint density at radius 3 is 2.85 bits per heavy atom. The number of amides is 1. The lowest BCUT2D eigenvalue weighted by Crippen LogP contribution is -2.21. The molecule has 0 bridgehead atoms. The van der Waals surface area contributed by atoms with Gasteiger partial charge in [0, 0.05) is 29.5 Å². The molecule has 1 amide bonds. The van der Waals surface area contributed by atoms with Crippen molar-refractivity contribution in [3.8, 4) is 11.3 Å². The van der Waals surface area contributed by atoms with Crippen LogP contribution in [0.5, 0.6) is 0 Å². The van der Waals surface area contributed by atoms with Crippen LogP contribution in [0.15, 0.2) is 29.6 Å². The molecular weight excluding hydrogens is 370 g/mol. The Hall–Kier alpha value is -2.81. The van der Waals surface area contributed by atoms with Gasteiger partial charge >= 0.3 is 5.97 Å². The van der Waals surface area contributed by atoms with E-state index in [0.717, 1.165) is 25.7 Å². The highest BCUT2D eigenvalue weighted by molar-refractivity contribution is 7.14. The number of carbonyl (C=O) groups is 2. The van der Waals surface area contributed by atoms with E-state index in [2.05, 4.69) is 10.3 Å². The lowest BCUT2D eigenvalue weighted by molar-refractivity contribution is -0.384. The number of rotatable bonds is 7. The van der Waals surface area contributed by atoms with Gasteiger partial charge in [-0.05, 0) is 18.8 Å². The summed E-state index contributed by atoms with van der Waals surface area (Å²) in [7, 11) is 0. The molecule has 0 saturated heterocycles. The number of nitro groups is 1. The van der Waals surface area contributed by atoms with Crippen LogP contribution < -0.4 is 5.32 Å². The number of carbonyl (C=O) groups excluding carboxylic acids is 2. The number of esters is 1. The molecule has 1 aromatic carbocycles. The van der Waals surface area contributed by atoms with Crippen molar-refractivity contribution in [3.05, 3.63) is 39.8 Å². The summed E-state index contributed by atoms with van der Waals surface area (Å²) in [4.78, 5) is 38.3. The van der Waals surface area contributed by atoms with Crippen molar-refractivity contribution in [2.24, 2.45) is 5.92 Å². The van der Waals surface area contributed by atoms with E-state index in [-0.39, 0.29) is 18.3 Å². The third kappa shape index (κ3) is 5.33. The maximum absolute atomic E-state index is 11.9. The van der Waals surface area contributed by atoms with Gasteiger partial charge in [0.1, 0.15) is 0 Å². The van der Waals surface area contributed by atoms with Gasteiger partial charge in [-0.25, -0.2) is 4.98 Å². The Balaban J connectivity index is 1.51. The Kier molecular flexibility index (Phi) is 6.12. The van der Waals surface area contributed by atoms with Crippen molar-refractivity contribution in [2.75, 3.05) is 11.9 Å². The van der Waals surface area contributed by atoms with Crippen molar-refractivity contribution < 1.29 is 19.2 Å².